The van der Waals surface area contributed by atoms with Gasteiger partial charge in [0.05, 0.1) is 50.6 Å². The first kappa shape index (κ1) is 40.2. The maximum atomic E-state index is 14.1. The first-order valence-electron chi connectivity index (χ1n) is 21.2. The molecule has 0 bridgehead atoms. The number of hydrogen-bond donors (Lipinski definition) is 0. The number of fused-ring (bicyclic) bond motifs is 6. The monoisotopic (exact) mass is 838 g/mol. The summed E-state index contributed by atoms with van der Waals surface area (Å²) in [6, 6.07) is 49.4. The van der Waals surface area contributed by atoms with Gasteiger partial charge in [0, 0.05) is 21.5 Å². The topological polar surface area (TPSA) is 57.4 Å². The largest absolute Gasteiger partial charge is 0.416 e. The summed E-state index contributed by atoms with van der Waals surface area (Å²) in [6.45, 7) is 12.7. The summed E-state index contributed by atoms with van der Waals surface area (Å²) in [5.41, 5.74) is 16.2. The molecular formula is C57H41F3N4. The summed E-state index contributed by atoms with van der Waals surface area (Å²) in [4.78, 5) is 0. The molecule has 0 amide bonds. The molecule has 0 aliphatic rings. The highest BCUT2D eigenvalue weighted by Crippen LogP contribution is 2.44. The van der Waals surface area contributed by atoms with E-state index in [1.54, 1.807) is 0 Å². The zero-order chi connectivity index (χ0) is 44.8. The van der Waals surface area contributed by atoms with Gasteiger partial charge in [-0.05, 0) is 158 Å². The average molecular weight is 839 g/mol. The number of nitriles is 2. The van der Waals surface area contributed by atoms with E-state index in [1.807, 2.05) is 48.5 Å². The average Bonchev–Trinajstić information content (AvgIpc) is 3.77. The third kappa shape index (κ3) is 6.35. The van der Waals surface area contributed by atoms with Crippen LogP contribution >= 0.6 is 0 Å². The minimum atomic E-state index is -4.64. The standard InChI is InChI=1S/C57H41F3N4/c1-32-21-34(3)55(35(4)22-32)38-15-19-51-46(26-38)44-11-7-9-13-49(44)63(51)53-28-40(43-18-17-42(57(58,59)60)25-41(43)30-61)29-54(48(53)31-62)64-50-14-10-8-12-45(50)47-27-39(16-20-52(47)64)56-36(5)23-33(2)24-37(56)6/h7-29H,1-6H3. The lowest BCUT2D eigenvalue weighted by Crippen LogP contribution is -2.07. The van der Waals surface area contributed by atoms with Crippen LogP contribution in [0, 0.1) is 64.2 Å². The van der Waals surface area contributed by atoms with Gasteiger partial charge >= 0.3 is 6.18 Å². The predicted octanol–water partition coefficient (Wildman–Crippen LogP) is 15.5. The molecule has 0 aliphatic carbocycles. The second-order valence-corrected chi connectivity index (χ2v) is 17.1. The summed E-state index contributed by atoms with van der Waals surface area (Å²) in [5.74, 6) is 0. The third-order valence-corrected chi connectivity index (χ3v) is 12.7. The van der Waals surface area contributed by atoms with Crippen molar-refractivity contribution < 1.29 is 13.2 Å². The summed E-state index contributed by atoms with van der Waals surface area (Å²) in [7, 11) is 0. The van der Waals surface area contributed by atoms with E-state index in [0.717, 1.165) is 66.9 Å². The SMILES string of the molecule is Cc1cc(C)c(-c2ccc3c(c2)c2ccccc2n3-c2cc(-c3ccc(C(F)(F)F)cc3C#N)cc(-n3c4ccccc4c4cc(-c5c(C)cc(C)cc5C)ccc43)c2C#N)c(C)c1. The molecule has 2 aromatic heterocycles. The van der Waals surface area contributed by atoms with Gasteiger partial charge in [0.25, 0.3) is 0 Å². The first-order valence-corrected chi connectivity index (χ1v) is 21.2. The van der Waals surface area contributed by atoms with Gasteiger partial charge < -0.3 is 9.13 Å². The van der Waals surface area contributed by atoms with Crippen molar-refractivity contribution in [3.8, 4) is 56.9 Å². The van der Waals surface area contributed by atoms with E-state index < -0.39 is 11.7 Å². The molecule has 0 spiro atoms. The number of halogens is 3. The molecule has 310 valence electrons. The molecule has 10 rings (SSSR count). The predicted molar refractivity (Wildman–Crippen MR) is 254 cm³/mol. The summed E-state index contributed by atoms with van der Waals surface area (Å²) in [6.07, 6.45) is -4.64. The molecule has 4 nitrogen and oxygen atoms in total. The van der Waals surface area contributed by atoms with E-state index in [-0.39, 0.29) is 5.56 Å². The summed E-state index contributed by atoms with van der Waals surface area (Å²) < 4.78 is 46.4. The highest BCUT2D eigenvalue weighted by atomic mass is 19.4. The number of rotatable bonds is 5. The lowest BCUT2D eigenvalue weighted by Gasteiger charge is -2.19. The molecule has 7 heteroatoms. The minimum absolute atomic E-state index is 0.122. The van der Waals surface area contributed by atoms with Gasteiger partial charge in [-0.2, -0.15) is 23.7 Å². The molecule has 0 radical (unpaired) electrons. The van der Waals surface area contributed by atoms with Gasteiger partial charge in [-0.1, -0.05) is 90.0 Å². The van der Waals surface area contributed by atoms with E-state index in [9.17, 15) is 23.7 Å². The Morgan fingerprint density at radius 2 is 0.875 bits per heavy atom. The van der Waals surface area contributed by atoms with Crippen LogP contribution in [-0.4, -0.2) is 9.13 Å². The van der Waals surface area contributed by atoms with Crippen molar-refractivity contribution in [1.29, 1.82) is 10.5 Å². The molecular weight excluding hydrogens is 798 g/mol. The first-order chi connectivity index (χ1) is 30.7. The highest BCUT2D eigenvalue weighted by molar-refractivity contribution is 6.12. The number of para-hydroxylation sites is 2. The van der Waals surface area contributed by atoms with Crippen LogP contribution in [-0.2, 0) is 6.18 Å². The molecule has 8 aromatic carbocycles. The molecule has 0 aliphatic heterocycles. The van der Waals surface area contributed by atoms with Crippen molar-refractivity contribution in [1.82, 2.24) is 9.13 Å². The van der Waals surface area contributed by atoms with Crippen LogP contribution in [0.25, 0.3) is 88.4 Å². The van der Waals surface area contributed by atoms with Gasteiger partial charge in [-0.25, -0.2) is 0 Å². The van der Waals surface area contributed by atoms with Gasteiger partial charge in [0.1, 0.15) is 11.6 Å². The number of benzene rings is 8. The lowest BCUT2D eigenvalue weighted by molar-refractivity contribution is -0.137. The Kier molecular flexibility index (Phi) is 9.36. The van der Waals surface area contributed by atoms with Gasteiger partial charge in [-0.3, -0.25) is 0 Å². The van der Waals surface area contributed by atoms with Crippen molar-refractivity contribution in [2.45, 2.75) is 47.7 Å². The van der Waals surface area contributed by atoms with E-state index in [0.29, 0.717) is 28.1 Å². The fourth-order valence-electron chi connectivity index (χ4n) is 10.3. The minimum Gasteiger partial charge on any atom is -0.308 e. The summed E-state index contributed by atoms with van der Waals surface area (Å²) in [5, 5.41) is 25.8. The Morgan fingerprint density at radius 3 is 1.30 bits per heavy atom. The highest BCUT2D eigenvalue weighted by Gasteiger charge is 2.32. The number of aryl methyl sites for hydroxylation is 6. The van der Waals surface area contributed by atoms with E-state index in [2.05, 4.69) is 136 Å². The smallest absolute Gasteiger partial charge is 0.308 e. The molecule has 10 aromatic rings. The second kappa shape index (κ2) is 14.9. The van der Waals surface area contributed by atoms with Crippen LogP contribution < -0.4 is 0 Å². The van der Waals surface area contributed by atoms with E-state index in [1.165, 1.54) is 50.6 Å². The maximum Gasteiger partial charge on any atom is 0.416 e. The third-order valence-electron chi connectivity index (χ3n) is 12.7. The van der Waals surface area contributed by atoms with Crippen LogP contribution in [0.2, 0.25) is 0 Å². The van der Waals surface area contributed by atoms with Crippen molar-refractivity contribution in [3.05, 3.63) is 190 Å². The van der Waals surface area contributed by atoms with Crippen LogP contribution in [0.15, 0.2) is 140 Å². The van der Waals surface area contributed by atoms with E-state index in [4.69, 9.17) is 0 Å². The lowest BCUT2D eigenvalue weighted by atomic mass is 9.93. The molecule has 64 heavy (non-hydrogen) atoms. The van der Waals surface area contributed by atoms with Crippen LogP contribution in [0.1, 0.15) is 50.1 Å². The van der Waals surface area contributed by atoms with Crippen LogP contribution in [0.5, 0.6) is 0 Å². The fraction of sp³-hybridized carbons (Fsp3) is 0.123. The summed E-state index contributed by atoms with van der Waals surface area (Å²) >= 11 is 0. The molecule has 2 heterocycles. The number of hydrogen-bond acceptors (Lipinski definition) is 2. The van der Waals surface area contributed by atoms with E-state index >= 15 is 0 Å². The molecule has 0 N–H and O–H groups in total. The van der Waals surface area contributed by atoms with Crippen molar-refractivity contribution in [2.75, 3.05) is 0 Å². The normalized spacial score (nSPS) is 11.8. The zero-order valence-corrected chi connectivity index (χ0v) is 36.2. The second-order valence-electron chi connectivity index (χ2n) is 17.1. The van der Waals surface area contributed by atoms with Gasteiger partial charge in [0.15, 0.2) is 0 Å². The van der Waals surface area contributed by atoms with Crippen LogP contribution in [0.4, 0.5) is 13.2 Å². The molecule has 0 saturated carbocycles. The van der Waals surface area contributed by atoms with Crippen molar-refractivity contribution >= 4 is 43.6 Å². The maximum absolute atomic E-state index is 14.1. The molecule has 0 saturated heterocycles. The number of alkyl halides is 3. The fourth-order valence-corrected chi connectivity index (χ4v) is 10.3. The Morgan fingerprint density at radius 1 is 0.438 bits per heavy atom. The Labute approximate surface area is 369 Å². The van der Waals surface area contributed by atoms with Gasteiger partial charge in [0.2, 0.25) is 0 Å². The zero-order valence-electron chi connectivity index (χ0n) is 36.2. The Hall–Kier alpha value is -7.87. The quantitative estimate of drug-likeness (QED) is 0.173. The Bertz CT molecular complexity index is 3450. The molecule has 0 fully saturated rings. The van der Waals surface area contributed by atoms with Crippen LogP contribution in [0.3, 0.4) is 0 Å². The number of aromatic nitrogens is 2. The van der Waals surface area contributed by atoms with Gasteiger partial charge in [-0.15, -0.1) is 0 Å². The molecule has 0 unspecified atom stereocenters. The Balaban J connectivity index is 1.31. The van der Waals surface area contributed by atoms with Crippen molar-refractivity contribution in [2.24, 2.45) is 0 Å². The van der Waals surface area contributed by atoms with Crippen molar-refractivity contribution in [3.63, 3.8) is 0 Å². The molecule has 0 atom stereocenters. The number of nitrogens with zero attached hydrogens (tertiary/aromatic N) is 4.